The molecular formula is C18H23N3O8. The molecule has 0 aliphatic rings. The number of rotatable bonds is 14. The van der Waals surface area contributed by atoms with Crippen molar-refractivity contribution in [1.29, 1.82) is 5.26 Å². The van der Waals surface area contributed by atoms with Gasteiger partial charge in [-0.1, -0.05) is 0 Å². The number of carbonyl (C=O) groups excluding carboxylic acids is 1. The first-order valence-electron chi connectivity index (χ1n) is 8.77. The van der Waals surface area contributed by atoms with Crippen LogP contribution in [0.5, 0.6) is 0 Å². The highest BCUT2D eigenvalue weighted by Crippen LogP contribution is 2.14. The van der Waals surface area contributed by atoms with E-state index in [0.717, 1.165) is 0 Å². The Balaban J connectivity index is 2.80. The number of nitro groups is 1. The molecule has 0 aliphatic heterocycles. The van der Waals surface area contributed by atoms with E-state index in [1.807, 2.05) is 0 Å². The molecule has 2 atom stereocenters. The third-order valence-electron chi connectivity index (χ3n) is 3.77. The fourth-order valence-electron chi connectivity index (χ4n) is 2.33. The highest BCUT2D eigenvalue weighted by atomic mass is 16.7. The maximum absolute atomic E-state index is 12.4. The zero-order valence-corrected chi connectivity index (χ0v) is 15.9. The predicted molar refractivity (Wildman–Crippen MR) is 99.0 cm³/mol. The number of non-ortho nitro benzene ring substituents is 1. The second-order valence-electron chi connectivity index (χ2n) is 5.90. The normalized spacial score (nSPS) is 12.6. The molecule has 0 radical (unpaired) electrons. The maximum Gasteiger partial charge on any atom is 0.308 e. The van der Waals surface area contributed by atoms with Crippen molar-refractivity contribution < 1.29 is 33.8 Å². The first-order valence-corrected chi connectivity index (χ1v) is 8.77. The number of carboxylic acid groups (broad SMARTS) is 1. The van der Waals surface area contributed by atoms with Crippen LogP contribution in [0, 0.1) is 27.4 Å². The number of benzene rings is 1. The number of nitrogens with zero attached hydrogens (tertiary/aromatic N) is 2. The predicted octanol–water partition coefficient (Wildman–Crippen LogP) is 1.33. The van der Waals surface area contributed by atoms with Crippen LogP contribution in [0.25, 0.3) is 0 Å². The van der Waals surface area contributed by atoms with Crippen LogP contribution in [0.3, 0.4) is 0 Å². The number of hydrogen-bond donors (Lipinski definition) is 2. The van der Waals surface area contributed by atoms with Gasteiger partial charge in [-0.05, 0) is 25.5 Å². The van der Waals surface area contributed by atoms with E-state index < -0.39 is 28.8 Å². The van der Waals surface area contributed by atoms with Crippen LogP contribution in [0.1, 0.15) is 23.7 Å². The smallest absolute Gasteiger partial charge is 0.308 e. The number of nitrogens with one attached hydrogen (secondary N) is 1. The molecule has 0 spiro atoms. The number of aliphatic carboxylic acids is 1. The van der Waals surface area contributed by atoms with Crippen LogP contribution in [0.15, 0.2) is 24.3 Å². The van der Waals surface area contributed by atoms with Crippen molar-refractivity contribution in [1.82, 2.24) is 5.32 Å². The van der Waals surface area contributed by atoms with Crippen molar-refractivity contribution in [2.45, 2.75) is 19.4 Å². The maximum atomic E-state index is 12.4. The minimum Gasteiger partial charge on any atom is -0.481 e. The summed E-state index contributed by atoms with van der Waals surface area (Å²) in [4.78, 5) is 34.0. The van der Waals surface area contributed by atoms with Crippen molar-refractivity contribution in [2.75, 3.05) is 33.2 Å². The summed E-state index contributed by atoms with van der Waals surface area (Å²) in [6.45, 7) is 1.73. The van der Waals surface area contributed by atoms with Gasteiger partial charge in [0.25, 0.3) is 11.6 Å². The van der Waals surface area contributed by atoms with Gasteiger partial charge in [-0.15, -0.1) is 0 Å². The van der Waals surface area contributed by atoms with Crippen LogP contribution in [0.4, 0.5) is 5.69 Å². The monoisotopic (exact) mass is 409 g/mol. The third-order valence-corrected chi connectivity index (χ3v) is 3.77. The number of nitriles is 1. The van der Waals surface area contributed by atoms with Gasteiger partial charge in [-0.3, -0.25) is 19.7 Å². The Morgan fingerprint density at radius 1 is 1.24 bits per heavy atom. The Kier molecular flexibility index (Phi) is 10.9. The van der Waals surface area contributed by atoms with Crippen LogP contribution in [-0.4, -0.2) is 61.2 Å². The minimum absolute atomic E-state index is 0.00833. The van der Waals surface area contributed by atoms with Gasteiger partial charge < -0.3 is 24.6 Å². The average Bonchev–Trinajstić information content (AvgIpc) is 2.70. The molecule has 0 fully saturated rings. The molecule has 11 nitrogen and oxygen atoms in total. The highest BCUT2D eigenvalue weighted by Gasteiger charge is 2.25. The molecule has 11 heteroatoms. The zero-order valence-electron chi connectivity index (χ0n) is 15.9. The number of carboxylic acids is 1. The second kappa shape index (κ2) is 13.2. The molecule has 0 aromatic heterocycles. The van der Waals surface area contributed by atoms with Crippen molar-refractivity contribution in [3.63, 3.8) is 0 Å². The lowest BCUT2D eigenvalue weighted by atomic mass is 10.0. The SMILES string of the molecule is CCOCOCC(CC(COCC#N)C(=O)O)NC(=O)c1ccc([N+](=O)[O-])cc1. The molecule has 0 heterocycles. The van der Waals surface area contributed by atoms with E-state index in [4.69, 9.17) is 19.5 Å². The molecule has 0 saturated heterocycles. The van der Waals surface area contributed by atoms with E-state index >= 15 is 0 Å². The molecule has 1 amide bonds. The molecule has 2 N–H and O–H groups in total. The van der Waals surface area contributed by atoms with Gasteiger partial charge in [0.05, 0.1) is 36.2 Å². The van der Waals surface area contributed by atoms with Gasteiger partial charge in [-0.25, -0.2) is 0 Å². The van der Waals surface area contributed by atoms with E-state index in [-0.39, 0.29) is 44.3 Å². The summed E-state index contributed by atoms with van der Waals surface area (Å²) < 4.78 is 15.4. The summed E-state index contributed by atoms with van der Waals surface area (Å²) in [7, 11) is 0. The molecule has 158 valence electrons. The number of ether oxygens (including phenoxy) is 3. The summed E-state index contributed by atoms with van der Waals surface area (Å²) in [5, 5.41) is 31.2. The first-order chi connectivity index (χ1) is 13.9. The van der Waals surface area contributed by atoms with E-state index in [1.54, 1.807) is 13.0 Å². The Morgan fingerprint density at radius 2 is 1.93 bits per heavy atom. The van der Waals surface area contributed by atoms with E-state index in [0.29, 0.717) is 6.61 Å². The van der Waals surface area contributed by atoms with Crippen molar-refractivity contribution >= 4 is 17.6 Å². The molecule has 1 aromatic rings. The Hall–Kier alpha value is -3.07. The lowest BCUT2D eigenvalue weighted by Crippen LogP contribution is -2.41. The van der Waals surface area contributed by atoms with Gasteiger partial charge in [0.1, 0.15) is 13.4 Å². The van der Waals surface area contributed by atoms with E-state index in [1.165, 1.54) is 24.3 Å². The topological polar surface area (TPSA) is 161 Å². The second-order valence-corrected chi connectivity index (χ2v) is 5.90. The van der Waals surface area contributed by atoms with Crippen LogP contribution in [-0.2, 0) is 19.0 Å². The Bertz CT molecular complexity index is 717. The van der Waals surface area contributed by atoms with Gasteiger partial charge >= 0.3 is 5.97 Å². The van der Waals surface area contributed by atoms with Crippen LogP contribution in [0.2, 0.25) is 0 Å². The highest BCUT2D eigenvalue weighted by molar-refractivity contribution is 5.94. The van der Waals surface area contributed by atoms with Gasteiger partial charge in [-0.2, -0.15) is 5.26 Å². The molecule has 0 aliphatic carbocycles. The number of hydrogen-bond acceptors (Lipinski definition) is 8. The molecule has 2 unspecified atom stereocenters. The molecular weight excluding hydrogens is 386 g/mol. The molecule has 1 rings (SSSR count). The fourth-order valence-corrected chi connectivity index (χ4v) is 2.33. The lowest BCUT2D eigenvalue weighted by Gasteiger charge is -2.22. The van der Waals surface area contributed by atoms with Gasteiger partial charge in [0, 0.05) is 24.3 Å². The fraction of sp³-hybridized carbons (Fsp3) is 0.500. The summed E-state index contributed by atoms with van der Waals surface area (Å²) in [6, 6.07) is 6.07. The molecule has 0 bridgehead atoms. The largest absolute Gasteiger partial charge is 0.481 e. The van der Waals surface area contributed by atoms with Crippen molar-refractivity contribution in [2.24, 2.45) is 5.92 Å². The summed E-state index contributed by atoms with van der Waals surface area (Å²) in [5.41, 5.74) is 0.0248. The standard InChI is InChI=1S/C18H23N3O8/c1-2-27-12-29-11-15(9-14(18(23)24)10-28-8-7-19)20-17(22)13-3-5-16(6-4-13)21(25)26/h3-6,14-15H,2,8-12H2,1H3,(H,20,22)(H,23,24). The van der Waals surface area contributed by atoms with E-state index in [2.05, 4.69) is 5.32 Å². The van der Waals surface area contributed by atoms with Crippen LogP contribution < -0.4 is 5.32 Å². The van der Waals surface area contributed by atoms with Crippen molar-refractivity contribution in [3.05, 3.63) is 39.9 Å². The number of carbonyl (C=O) groups is 2. The third kappa shape index (κ3) is 9.11. The zero-order chi connectivity index (χ0) is 21.6. The summed E-state index contributed by atoms with van der Waals surface area (Å²) in [5.74, 6) is -2.64. The number of amides is 1. The minimum atomic E-state index is -1.14. The van der Waals surface area contributed by atoms with Gasteiger partial charge in [0.2, 0.25) is 0 Å². The van der Waals surface area contributed by atoms with Crippen molar-refractivity contribution in [3.8, 4) is 6.07 Å². The van der Waals surface area contributed by atoms with E-state index in [9.17, 15) is 24.8 Å². The molecule has 1 aromatic carbocycles. The number of nitro benzene ring substituents is 1. The Morgan fingerprint density at radius 3 is 2.48 bits per heavy atom. The average molecular weight is 409 g/mol. The lowest BCUT2D eigenvalue weighted by molar-refractivity contribution is -0.384. The first kappa shape index (κ1) is 24.0. The summed E-state index contributed by atoms with van der Waals surface area (Å²) in [6.07, 6.45) is -0.00833. The summed E-state index contributed by atoms with van der Waals surface area (Å²) >= 11 is 0. The molecule has 29 heavy (non-hydrogen) atoms. The quantitative estimate of drug-likeness (QED) is 0.200. The Labute approximate surface area is 167 Å². The molecule has 0 saturated carbocycles. The van der Waals surface area contributed by atoms with Crippen LogP contribution >= 0.6 is 0 Å². The van der Waals surface area contributed by atoms with Gasteiger partial charge in [0.15, 0.2) is 0 Å².